The van der Waals surface area contributed by atoms with Crippen LogP contribution in [-0.4, -0.2) is 35.2 Å². The second kappa shape index (κ2) is 6.18. The summed E-state index contributed by atoms with van der Waals surface area (Å²) in [5, 5.41) is 0.182. The number of anilines is 1. The van der Waals surface area contributed by atoms with Crippen LogP contribution in [0.2, 0.25) is 5.28 Å². The molecule has 1 aromatic rings. The van der Waals surface area contributed by atoms with Crippen LogP contribution in [0.25, 0.3) is 0 Å². The van der Waals surface area contributed by atoms with Crippen molar-refractivity contribution in [3.8, 4) is 6.01 Å². The minimum absolute atomic E-state index is 0.182. The molecule has 0 saturated heterocycles. The average molecular weight is 271 g/mol. The first-order chi connectivity index (χ1) is 8.69. The van der Waals surface area contributed by atoms with Gasteiger partial charge in [0.1, 0.15) is 0 Å². The molecule has 1 saturated carbocycles. The number of aromatic nitrogens is 3. The second-order valence-corrected chi connectivity index (χ2v) is 4.99. The first-order valence-corrected chi connectivity index (χ1v) is 6.82. The fourth-order valence-electron chi connectivity index (χ4n) is 2.35. The lowest BCUT2D eigenvalue weighted by Crippen LogP contribution is -2.26. The van der Waals surface area contributed by atoms with Gasteiger partial charge in [0.2, 0.25) is 11.2 Å². The average Bonchev–Trinajstić information content (AvgIpc) is 2.81. The zero-order chi connectivity index (χ0) is 13.0. The molecule has 1 fully saturated rings. The summed E-state index contributed by atoms with van der Waals surface area (Å²) in [6.45, 7) is 3.37. The number of ether oxygens (including phenoxy) is 1. The highest BCUT2D eigenvalue weighted by atomic mass is 35.5. The molecule has 100 valence electrons. The van der Waals surface area contributed by atoms with E-state index in [1.807, 2.05) is 18.9 Å². The van der Waals surface area contributed by atoms with E-state index in [0.717, 1.165) is 12.5 Å². The Hall–Kier alpha value is -1.10. The fraction of sp³-hybridized carbons (Fsp3) is 0.750. The molecule has 0 spiro atoms. The summed E-state index contributed by atoms with van der Waals surface area (Å²) in [5.41, 5.74) is 0. The minimum atomic E-state index is 0.182. The monoisotopic (exact) mass is 270 g/mol. The Bertz CT molecular complexity index is 396. The number of halogens is 1. The molecule has 1 aliphatic carbocycles. The SMILES string of the molecule is CCOc1nc(Cl)nc(N(C)CC2CCCC2)n1. The highest BCUT2D eigenvalue weighted by Gasteiger charge is 2.19. The lowest BCUT2D eigenvalue weighted by atomic mass is 10.1. The van der Waals surface area contributed by atoms with Crippen LogP contribution >= 0.6 is 11.6 Å². The maximum absolute atomic E-state index is 5.88. The maximum atomic E-state index is 5.88. The van der Waals surface area contributed by atoms with Crippen molar-refractivity contribution in [1.82, 2.24) is 15.0 Å². The Morgan fingerprint density at radius 3 is 2.67 bits per heavy atom. The summed E-state index contributed by atoms with van der Waals surface area (Å²) in [4.78, 5) is 14.4. The third-order valence-electron chi connectivity index (χ3n) is 3.20. The zero-order valence-electron chi connectivity index (χ0n) is 10.9. The number of nitrogens with zero attached hydrogens (tertiary/aromatic N) is 4. The predicted octanol–water partition coefficient (Wildman–Crippen LogP) is 2.55. The molecule has 0 N–H and O–H groups in total. The van der Waals surface area contributed by atoms with Crippen LogP contribution in [0.4, 0.5) is 5.95 Å². The maximum Gasteiger partial charge on any atom is 0.322 e. The molecule has 0 aliphatic heterocycles. The first-order valence-electron chi connectivity index (χ1n) is 6.44. The van der Waals surface area contributed by atoms with E-state index in [1.165, 1.54) is 25.7 Å². The van der Waals surface area contributed by atoms with Crippen molar-refractivity contribution in [2.24, 2.45) is 5.92 Å². The van der Waals surface area contributed by atoms with Gasteiger partial charge in [-0.05, 0) is 37.3 Å². The molecular formula is C12H19ClN4O. The molecule has 0 unspecified atom stereocenters. The van der Waals surface area contributed by atoms with Crippen LogP contribution in [0.5, 0.6) is 6.01 Å². The van der Waals surface area contributed by atoms with Crippen molar-refractivity contribution in [1.29, 1.82) is 0 Å². The van der Waals surface area contributed by atoms with Gasteiger partial charge in [-0.15, -0.1) is 0 Å². The Labute approximate surface area is 113 Å². The van der Waals surface area contributed by atoms with E-state index in [-0.39, 0.29) is 5.28 Å². The molecule has 18 heavy (non-hydrogen) atoms. The Balaban J connectivity index is 2.05. The van der Waals surface area contributed by atoms with Crippen molar-refractivity contribution in [3.05, 3.63) is 5.28 Å². The third-order valence-corrected chi connectivity index (χ3v) is 3.37. The normalized spacial score (nSPS) is 15.9. The van der Waals surface area contributed by atoms with Crippen LogP contribution in [0.15, 0.2) is 0 Å². The van der Waals surface area contributed by atoms with Gasteiger partial charge < -0.3 is 9.64 Å². The second-order valence-electron chi connectivity index (χ2n) is 4.65. The van der Waals surface area contributed by atoms with Gasteiger partial charge in [-0.2, -0.15) is 15.0 Å². The van der Waals surface area contributed by atoms with Crippen molar-refractivity contribution < 1.29 is 4.74 Å². The molecule has 1 aromatic heterocycles. The highest BCUT2D eigenvalue weighted by molar-refractivity contribution is 6.28. The standard InChI is InChI=1S/C12H19ClN4O/c1-3-18-12-15-10(13)14-11(16-12)17(2)8-9-6-4-5-7-9/h9H,3-8H2,1-2H3. The van der Waals surface area contributed by atoms with E-state index in [4.69, 9.17) is 16.3 Å². The van der Waals surface area contributed by atoms with Gasteiger partial charge in [0.25, 0.3) is 0 Å². The van der Waals surface area contributed by atoms with Crippen LogP contribution in [0, 0.1) is 5.92 Å². The van der Waals surface area contributed by atoms with Gasteiger partial charge in [-0.1, -0.05) is 12.8 Å². The molecular weight excluding hydrogens is 252 g/mol. The molecule has 1 heterocycles. The Kier molecular flexibility index (Phi) is 4.58. The predicted molar refractivity (Wildman–Crippen MR) is 71.2 cm³/mol. The van der Waals surface area contributed by atoms with Crippen LogP contribution in [0.3, 0.4) is 0 Å². The van der Waals surface area contributed by atoms with Crippen molar-refractivity contribution in [2.45, 2.75) is 32.6 Å². The summed E-state index contributed by atoms with van der Waals surface area (Å²) in [6, 6.07) is 0.297. The molecule has 0 amide bonds. The number of hydrogen-bond acceptors (Lipinski definition) is 5. The molecule has 5 nitrogen and oxygen atoms in total. The van der Waals surface area contributed by atoms with Gasteiger partial charge in [0.15, 0.2) is 0 Å². The van der Waals surface area contributed by atoms with Gasteiger partial charge in [-0.25, -0.2) is 0 Å². The smallest absolute Gasteiger partial charge is 0.322 e. The van der Waals surface area contributed by atoms with E-state index in [0.29, 0.717) is 18.6 Å². The molecule has 0 radical (unpaired) electrons. The quantitative estimate of drug-likeness (QED) is 0.823. The zero-order valence-corrected chi connectivity index (χ0v) is 11.7. The first kappa shape index (κ1) is 13.3. The van der Waals surface area contributed by atoms with Crippen molar-refractivity contribution >= 4 is 17.5 Å². The Morgan fingerprint density at radius 2 is 2.00 bits per heavy atom. The van der Waals surface area contributed by atoms with E-state index < -0.39 is 0 Å². The summed E-state index contributed by atoms with van der Waals surface area (Å²) >= 11 is 5.88. The summed E-state index contributed by atoms with van der Waals surface area (Å²) in [7, 11) is 1.99. The van der Waals surface area contributed by atoms with Crippen molar-refractivity contribution in [3.63, 3.8) is 0 Å². The van der Waals surface area contributed by atoms with Gasteiger partial charge >= 0.3 is 6.01 Å². The number of rotatable bonds is 5. The van der Waals surface area contributed by atoms with Gasteiger partial charge in [0, 0.05) is 13.6 Å². The van der Waals surface area contributed by atoms with Gasteiger partial charge in [-0.3, -0.25) is 0 Å². The van der Waals surface area contributed by atoms with Crippen LogP contribution in [-0.2, 0) is 0 Å². The molecule has 0 atom stereocenters. The lowest BCUT2D eigenvalue weighted by molar-refractivity contribution is 0.311. The molecule has 0 aromatic carbocycles. The van der Waals surface area contributed by atoms with Crippen LogP contribution < -0.4 is 9.64 Å². The highest BCUT2D eigenvalue weighted by Crippen LogP contribution is 2.26. The van der Waals surface area contributed by atoms with E-state index in [2.05, 4.69) is 15.0 Å². The largest absolute Gasteiger partial charge is 0.464 e. The molecule has 1 aliphatic rings. The fourth-order valence-corrected chi connectivity index (χ4v) is 2.50. The van der Waals surface area contributed by atoms with Crippen molar-refractivity contribution in [2.75, 3.05) is 25.1 Å². The van der Waals surface area contributed by atoms with E-state index >= 15 is 0 Å². The topological polar surface area (TPSA) is 51.1 Å². The summed E-state index contributed by atoms with van der Waals surface area (Å²) < 4.78 is 5.27. The van der Waals surface area contributed by atoms with E-state index in [1.54, 1.807) is 0 Å². The summed E-state index contributed by atoms with van der Waals surface area (Å²) in [6.07, 6.45) is 5.25. The van der Waals surface area contributed by atoms with Gasteiger partial charge in [0.05, 0.1) is 6.61 Å². The third kappa shape index (κ3) is 3.45. The lowest BCUT2D eigenvalue weighted by Gasteiger charge is -2.21. The van der Waals surface area contributed by atoms with Crippen LogP contribution in [0.1, 0.15) is 32.6 Å². The van der Waals surface area contributed by atoms with E-state index in [9.17, 15) is 0 Å². The summed E-state index contributed by atoms with van der Waals surface area (Å²) in [5.74, 6) is 1.33. The molecule has 2 rings (SSSR count). The number of hydrogen-bond donors (Lipinski definition) is 0. The molecule has 6 heteroatoms. The Morgan fingerprint density at radius 1 is 1.28 bits per heavy atom. The minimum Gasteiger partial charge on any atom is -0.464 e. The molecule has 0 bridgehead atoms.